The largest absolute Gasteiger partial charge is 0.300 e. The Kier molecular flexibility index (Phi) is 2.74. The lowest BCUT2D eigenvalue weighted by Gasteiger charge is -2.42. The lowest BCUT2D eigenvalue weighted by atomic mass is 9.90. The van der Waals surface area contributed by atoms with Gasteiger partial charge < -0.3 is 0 Å². The highest BCUT2D eigenvalue weighted by molar-refractivity contribution is 5.24. The Morgan fingerprint density at radius 2 is 1.87 bits per heavy atom. The number of hydrogen-bond acceptors (Lipinski definition) is 1. The van der Waals surface area contributed by atoms with Crippen molar-refractivity contribution in [3.8, 4) is 0 Å². The monoisotopic (exact) mass is 211 g/mol. The quantitative estimate of drug-likeness (QED) is 0.727. The summed E-state index contributed by atoms with van der Waals surface area (Å²) in [5.41, 5.74) is 0.908. The summed E-state index contributed by atoms with van der Waals surface area (Å²) in [5.74, 6) is -1.14. The van der Waals surface area contributed by atoms with Crippen molar-refractivity contribution < 1.29 is 8.78 Å². The van der Waals surface area contributed by atoms with Gasteiger partial charge in [-0.3, -0.25) is 4.90 Å². The lowest BCUT2D eigenvalue weighted by Crippen LogP contribution is -2.48. The molecule has 0 atom stereocenters. The molecule has 1 saturated heterocycles. The number of nitrogens with zero attached hydrogens (tertiary/aromatic N) is 1. The smallest absolute Gasteiger partial charge is 0.159 e. The van der Waals surface area contributed by atoms with E-state index in [0.717, 1.165) is 18.7 Å². The summed E-state index contributed by atoms with van der Waals surface area (Å²) in [6.07, 6.45) is 0. The molecule has 0 radical (unpaired) electrons. The van der Waals surface area contributed by atoms with E-state index in [2.05, 4.69) is 18.7 Å². The van der Waals surface area contributed by atoms with Gasteiger partial charge >= 0.3 is 0 Å². The van der Waals surface area contributed by atoms with Crippen LogP contribution in [0.25, 0.3) is 0 Å². The van der Waals surface area contributed by atoms with E-state index in [4.69, 9.17) is 0 Å². The van der Waals surface area contributed by atoms with E-state index >= 15 is 0 Å². The second-order valence-electron chi connectivity index (χ2n) is 4.42. The average molecular weight is 211 g/mol. The molecule has 0 aromatic heterocycles. The highest BCUT2D eigenvalue weighted by Crippen LogP contribution is 2.29. The second kappa shape index (κ2) is 3.89. The second-order valence-corrected chi connectivity index (χ2v) is 4.42. The van der Waals surface area contributed by atoms with E-state index in [-0.39, 0.29) is 0 Å². The van der Waals surface area contributed by atoms with Crippen LogP contribution in [0.2, 0.25) is 0 Å². The topological polar surface area (TPSA) is 3.24 Å². The SMILES string of the molecule is CC(C)N1CC(c2ccc(F)c(F)c2)C1. The molecule has 82 valence electrons. The first-order valence-electron chi connectivity index (χ1n) is 5.27. The standard InChI is InChI=1S/C12H15F2N/c1-8(2)15-6-10(7-15)9-3-4-11(13)12(14)5-9/h3-5,8,10H,6-7H2,1-2H3. The first-order valence-corrected chi connectivity index (χ1v) is 5.27. The van der Waals surface area contributed by atoms with Gasteiger partial charge in [0.15, 0.2) is 11.6 Å². The zero-order valence-electron chi connectivity index (χ0n) is 9.00. The Labute approximate surface area is 88.7 Å². The zero-order chi connectivity index (χ0) is 11.0. The van der Waals surface area contributed by atoms with E-state index < -0.39 is 11.6 Å². The Balaban J connectivity index is 2.04. The van der Waals surface area contributed by atoms with E-state index in [1.807, 2.05) is 0 Å². The summed E-state index contributed by atoms with van der Waals surface area (Å²) in [4.78, 5) is 2.31. The number of likely N-dealkylation sites (tertiary alicyclic amines) is 1. The highest BCUT2D eigenvalue weighted by Gasteiger charge is 2.29. The fourth-order valence-corrected chi connectivity index (χ4v) is 1.91. The van der Waals surface area contributed by atoms with Gasteiger partial charge in [-0.25, -0.2) is 8.78 Å². The predicted molar refractivity (Wildman–Crippen MR) is 55.8 cm³/mol. The van der Waals surface area contributed by atoms with Crippen LogP contribution in [-0.4, -0.2) is 24.0 Å². The third-order valence-electron chi connectivity index (χ3n) is 3.06. The van der Waals surface area contributed by atoms with Gasteiger partial charge in [0.2, 0.25) is 0 Å². The van der Waals surface area contributed by atoms with Crippen molar-refractivity contribution in [3.05, 3.63) is 35.4 Å². The summed E-state index contributed by atoms with van der Waals surface area (Å²) < 4.78 is 25.7. The minimum atomic E-state index is -0.765. The molecule has 0 bridgehead atoms. The van der Waals surface area contributed by atoms with Gasteiger partial charge in [0.1, 0.15) is 0 Å². The van der Waals surface area contributed by atoms with Gasteiger partial charge in [0.25, 0.3) is 0 Å². The first kappa shape index (κ1) is 10.6. The van der Waals surface area contributed by atoms with Gasteiger partial charge in [-0.2, -0.15) is 0 Å². The molecule has 1 aliphatic rings. The first-order chi connectivity index (χ1) is 7.08. The van der Waals surface area contributed by atoms with Gasteiger partial charge in [-0.05, 0) is 31.5 Å². The van der Waals surface area contributed by atoms with E-state index in [1.54, 1.807) is 6.07 Å². The van der Waals surface area contributed by atoms with Crippen molar-refractivity contribution in [1.82, 2.24) is 4.90 Å². The van der Waals surface area contributed by atoms with E-state index in [0.29, 0.717) is 12.0 Å². The Morgan fingerprint density at radius 1 is 1.20 bits per heavy atom. The molecule has 1 nitrogen and oxygen atoms in total. The van der Waals surface area contributed by atoms with Crippen LogP contribution >= 0.6 is 0 Å². The van der Waals surface area contributed by atoms with Crippen molar-refractivity contribution >= 4 is 0 Å². The molecule has 0 saturated carbocycles. The van der Waals surface area contributed by atoms with Gasteiger partial charge in [0.05, 0.1) is 0 Å². The van der Waals surface area contributed by atoms with Crippen molar-refractivity contribution in [2.45, 2.75) is 25.8 Å². The minimum absolute atomic E-state index is 0.363. The molecule has 1 aromatic rings. The maximum atomic E-state index is 13.0. The Hall–Kier alpha value is -0.960. The predicted octanol–water partition coefficient (Wildman–Crippen LogP) is 2.77. The molecule has 0 aliphatic carbocycles. The van der Waals surface area contributed by atoms with Gasteiger partial charge in [0, 0.05) is 25.0 Å². The van der Waals surface area contributed by atoms with Crippen LogP contribution < -0.4 is 0 Å². The number of rotatable bonds is 2. The molecule has 0 unspecified atom stereocenters. The molecule has 2 rings (SSSR count). The van der Waals surface area contributed by atoms with Crippen LogP contribution in [0.15, 0.2) is 18.2 Å². The summed E-state index contributed by atoms with van der Waals surface area (Å²) >= 11 is 0. The fourth-order valence-electron chi connectivity index (χ4n) is 1.91. The third kappa shape index (κ3) is 2.02. The Morgan fingerprint density at radius 3 is 2.40 bits per heavy atom. The molecule has 1 aliphatic heterocycles. The van der Waals surface area contributed by atoms with Crippen molar-refractivity contribution in [2.24, 2.45) is 0 Å². The van der Waals surface area contributed by atoms with Crippen LogP contribution in [0.4, 0.5) is 8.78 Å². The van der Waals surface area contributed by atoms with Crippen molar-refractivity contribution in [2.75, 3.05) is 13.1 Å². The van der Waals surface area contributed by atoms with Crippen LogP contribution in [-0.2, 0) is 0 Å². The molecule has 15 heavy (non-hydrogen) atoms. The van der Waals surface area contributed by atoms with Gasteiger partial charge in [-0.15, -0.1) is 0 Å². The van der Waals surface area contributed by atoms with E-state index in [9.17, 15) is 8.78 Å². The number of hydrogen-bond donors (Lipinski definition) is 0. The summed E-state index contributed by atoms with van der Waals surface area (Å²) in [5, 5.41) is 0. The van der Waals surface area contributed by atoms with Crippen LogP contribution in [0.3, 0.4) is 0 Å². The number of halogens is 2. The molecule has 0 spiro atoms. The normalized spacial score (nSPS) is 18.2. The Bertz CT molecular complexity index is 357. The fraction of sp³-hybridized carbons (Fsp3) is 0.500. The summed E-state index contributed by atoms with van der Waals surface area (Å²) in [6.45, 7) is 6.18. The maximum absolute atomic E-state index is 13.0. The maximum Gasteiger partial charge on any atom is 0.159 e. The zero-order valence-corrected chi connectivity index (χ0v) is 9.00. The van der Waals surface area contributed by atoms with Crippen LogP contribution in [0.1, 0.15) is 25.3 Å². The van der Waals surface area contributed by atoms with Crippen molar-refractivity contribution in [1.29, 1.82) is 0 Å². The average Bonchev–Trinajstić information content (AvgIpc) is 2.08. The highest BCUT2D eigenvalue weighted by atomic mass is 19.2. The summed E-state index contributed by atoms with van der Waals surface area (Å²) in [7, 11) is 0. The molecular weight excluding hydrogens is 196 g/mol. The van der Waals surface area contributed by atoms with Crippen LogP contribution in [0, 0.1) is 11.6 Å². The molecular formula is C12H15F2N. The molecule has 0 N–H and O–H groups in total. The van der Waals surface area contributed by atoms with E-state index in [1.165, 1.54) is 12.1 Å². The number of benzene rings is 1. The molecule has 3 heteroatoms. The summed E-state index contributed by atoms with van der Waals surface area (Å²) in [6, 6.07) is 4.74. The molecule has 1 fully saturated rings. The molecule has 1 aromatic carbocycles. The molecule has 0 amide bonds. The molecule has 1 heterocycles. The van der Waals surface area contributed by atoms with Crippen LogP contribution in [0.5, 0.6) is 0 Å². The lowest BCUT2D eigenvalue weighted by molar-refractivity contribution is 0.110. The van der Waals surface area contributed by atoms with Gasteiger partial charge in [-0.1, -0.05) is 6.07 Å². The minimum Gasteiger partial charge on any atom is -0.300 e. The van der Waals surface area contributed by atoms with Crippen molar-refractivity contribution in [3.63, 3.8) is 0 Å². The third-order valence-corrected chi connectivity index (χ3v) is 3.06.